The summed E-state index contributed by atoms with van der Waals surface area (Å²) < 4.78 is 0. The van der Waals surface area contributed by atoms with Gasteiger partial charge in [0.1, 0.15) is 0 Å². The lowest BCUT2D eigenvalue weighted by Gasteiger charge is -2.34. The molecule has 0 spiro atoms. The van der Waals surface area contributed by atoms with Crippen molar-refractivity contribution >= 4 is 10.9 Å². The lowest BCUT2D eigenvalue weighted by Crippen LogP contribution is -2.37. The van der Waals surface area contributed by atoms with Crippen molar-refractivity contribution in [2.45, 2.75) is 39.2 Å². The van der Waals surface area contributed by atoms with Crippen molar-refractivity contribution < 1.29 is 0 Å². The SMILES string of the molecule is CC1(C)CCCC1C(NN)c1ccc2cccnc2c1. The number of nitrogens with zero attached hydrogens (tertiary/aromatic N) is 1. The summed E-state index contributed by atoms with van der Waals surface area (Å²) in [4.78, 5) is 4.45. The zero-order chi connectivity index (χ0) is 14.2. The Bertz CT molecular complexity index is 606. The molecule has 1 saturated carbocycles. The molecule has 0 amide bonds. The van der Waals surface area contributed by atoms with E-state index in [9.17, 15) is 0 Å². The predicted octanol–water partition coefficient (Wildman–Crippen LogP) is 3.57. The molecule has 0 aliphatic heterocycles. The van der Waals surface area contributed by atoms with Crippen molar-refractivity contribution in [3.05, 3.63) is 42.1 Å². The van der Waals surface area contributed by atoms with Gasteiger partial charge in [-0.1, -0.05) is 38.5 Å². The van der Waals surface area contributed by atoms with Crippen LogP contribution in [0.2, 0.25) is 0 Å². The molecule has 2 aromatic rings. The van der Waals surface area contributed by atoms with E-state index in [0.29, 0.717) is 11.3 Å². The number of nitrogens with one attached hydrogen (secondary N) is 1. The average molecular weight is 269 g/mol. The number of fused-ring (bicyclic) bond motifs is 1. The summed E-state index contributed by atoms with van der Waals surface area (Å²) in [5.41, 5.74) is 5.69. The fourth-order valence-electron chi connectivity index (χ4n) is 3.69. The van der Waals surface area contributed by atoms with E-state index in [1.165, 1.54) is 30.2 Å². The summed E-state index contributed by atoms with van der Waals surface area (Å²) in [6.45, 7) is 4.71. The van der Waals surface area contributed by atoms with Gasteiger partial charge in [0.25, 0.3) is 0 Å². The van der Waals surface area contributed by atoms with E-state index < -0.39 is 0 Å². The molecular formula is C17H23N3. The van der Waals surface area contributed by atoms with E-state index in [1.807, 2.05) is 12.3 Å². The first kappa shape index (κ1) is 13.5. The van der Waals surface area contributed by atoms with Gasteiger partial charge in [0, 0.05) is 17.6 Å². The molecule has 3 heteroatoms. The zero-order valence-corrected chi connectivity index (χ0v) is 12.3. The van der Waals surface area contributed by atoms with Crippen LogP contribution in [0.4, 0.5) is 0 Å². The van der Waals surface area contributed by atoms with E-state index in [2.05, 4.69) is 48.5 Å². The van der Waals surface area contributed by atoms with Crippen LogP contribution in [0.15, 0.2) is 36.5 Å². The summed E-state index contributed by atoms with van der Waals surface area (Å²) in [5.74, 6) is 6.46. The van der Waals surface area contributed by atoms with Crippen molar-refractivity contribution in [3.63, 3.8) is 0 Å². The van der Waals surface area contributed by atoms with Gasteiger partial charge in [0.2, 0.25) is 0 Å². The quantitative estimate of drug-likeness (QED) is 0.661. The number of aromatic nitrogens is 1. The summed E-state index contributed by atoms with van der Waals surface area (Å²) in [6, 6.07) is 10.8. The highest BCUT2D eigenvalue weighted by atomic mass is 15.2. The van der Waals surface area contributed by atoms with E-state index in [1.54, 1.807) is 0 Å². The molecular weight excluding hydrogens is 246 g/mol. The zero-order valence-electron chi connectivity index (χ0n) is 12.3. The topological polar surface area (TPSA) is 50.9 Å². The minimum Gasteiger partial charge on any atom is -0.271 e. The first-order valence-corrected chi connectivity index (χ1v) is 7.43. The van der Waals surface area contributed by atoms with Crippen molar-refractivity contribution in [2.75, 3.05) is 0 Å². The third kappa shape index (κ3) is 2.32. The first-order chi connectivity index (χ1) is 9.62. The third-order valence-corrected chi connectivity index (χ3v) is 4.91. The van der Waals surface area contributed by atoms with Crippen LogP contribution in [0, 0.1) is 11.3 Å². The van der Waals surface area contributed by atoms with Crippen molar-refractivity contribution in [1.82, 2.24) is 10.4 Å². The highest BCUT2D eigenvalue weighted by Gasteiger charge is 2.39. The van der Waals surface area contributed by atoms with Crippen molar-refractivity contribution in [1.29, 1.82) is 0 Å². The number of hydrogen-bond donors (Lipinski definition) is 2. The normalized spacial score (nSPS) is 23.1. The Hall–Kier alpha value is -1.45. The second-order valence-electron chi connectivity index (χ2n) is 6.59. The number of benzene rings is 1. The van der Waals surface area contributed by atoms with Gasteiger partial charge >= 0.3 is 0 Å². The molecule has 0 saturated heterocycles. The Morgan fingerprint density at radius 1 is 1.35 bits per heavy atom. The summed E-state index contributed by atoms with van der Waals surface area (Å²) >= 11 is 0. The van der Waals surface area contributed by atoms with E-state index in [4.69, 9.17) is 5.84 Å². The fourth-order valence-corrected chi connectivity index (χ4v) is 3.69. The molecule has 0 bridgehead atoms. The molecule has 1 fully saturated rings. The smallest absolute Gasteiger partial charge is 0.0705 e. The first-order valence-electron chi connectivity index (χ1n) is 7.43. The van der Waals surface area contributed by atoms with E-state index in [-0.39, 0.29) is 6.04 Å². The molecule has 0 radical (unpaired) electrons. The van der Waals surface area contributed by atoms with Gasteiger partial charge in [0.05, 0.1) is 5.52 Å². The average Bonchev–Trinajstić information content (AvgIpc) is 2.79. The van der Waals surface area contributed by atoms with Crippen LogP contribution in [0.25, 0.3) is 10.9 Å². The Morgan fingerprint density at radius 2 is 2.20 bits per heavy atom. The summed E-state index contributed by atoms with van der Waals surface area (Å²) in [7, 11) is 0. The summed E-state index contributed by atoms with van der Waals surface area (Å²) in [6.07, 6.45) is 5.65. The molecule has 1 aliphatic carbocycles. The fraction of sp³-hybridized carbons (Fsp3) is 0.471. The molecule has 1 aromatic heterocycles. The van der Waals surface area contributed by atoms with Gasteiger partial charge in [-0.3, -0.25) is 16.3 Å². The largest absolute Gasteiger partial charge is 0.271 e. The molecule has 1 aromatic carbocycles. The maximum absolute atomic E-state index is 5.88. The Balaban J connectivity index is 1.99. The molecule has 1 heterocycles. The van der Waals surface area contributed by atoms with Crippen LogP contribution in [0.3, 0.4) is 0 Å². The Kier molecular flexibility index (Phi) is 3.48. The molecule has 2 unspecified atom stereocenters. The van der Waals surface area contributed by atoms with E-state index >= 15 is 0 Å². The highest BCUT2D eigenvalue weighted by Crippen LogP contribution is 2.48. The second-order valence-corrected chi connectivity index (χ2v) is 6.59. The Morgan fingerprint density at radius 3 is 2.90 bits per heavy atom. The summed E-state index contributed by atoms with van der Waals surface area (Å²) in [5, 5.41) is 1.18. The number of hydrogen-bond acceptors (Lipinski definition) is 3. The number of hydrazine groups is 1. The molecule has 3 rings (SSSR count). The molecule has 3 N–H and O–H groups in total. The molecule has 1 aliphatic rings. The van der Waals surface area contributed by atoms with Gasteiger partial charge in [-0.2, -0.15) is 0 Å². The van der Waals surface area contributed by atoms with Gasteiger partial charge in [-0.05, 0) is 41.9 Å². The standard InChI is InChI=1S/C17H23N3/c1-17(2)9-3-6-14(17)16(20-18)13-8-7-12-5-4-10-19-15(12)11-13/h4-5,7-8,10-11,14,16,20H,3,6,9,18H2,1-2H3. The molecule has 20 heavy (non-hydrogen) atoms. The minimum atomic E-state index is 0.207. The third-order valence-electron chi connectivity index (χ3n) is 4.91. The van der Waals surface area contributed by atoms with Gasteiger partial charge in [-0.25, -0.2) is 0 Å². The van der Waals surface area contributed by atoms with Crippen molar-refractivity contribution in [3.8, 4) is 0 Å². The number of rotatable bonds is 3. The van der Waals surface area contributed by atoms with Gasteiger partial charge in [0.15, 0.2) is 0 Å². The van der Waals surface area contributed by atoms with Crippen molar-refractivity contribution in [2.24, 2.45) is 17.2 Å². The highest BCUT2D eigenvalue weighted by molar-refractivity contribution is 5.79. The van der Waals surface area contributed by atoms with Gasteiger partial charge in [-0.15, -0.1) is 0 Å². The van der Waals surface area contributed by atoms with Crippen LogP contribution >= 0.6 is 0 Å². The Labute approximate surface area is 120 Å². The van der Waals surface area contributed by atoms with Crippen LogP contribution < -0.4 is 11.3 Å². The number of pyridine rings is 1. The maximum atomic E-state index is 5.88. The van der Waals surface area contributed by atoms with Gasteiger partial charge < -0.3 is 0 Å². The monoisotopic (exact) mass is 269 g/mol. The minimum absolute atomic E-state index is 0.207. The second kappa shape index (κ2) is 5.15. The molecule has 106 valence electrons. The molecule has 3 nitrogen and oxygen atoms in total. The number of nitrogens with two attached hydrogens (primary N) is 1. The van der Waals surface area contributed by atoms with Crippen LogP contribution in [-0.2, 0) is 0 Å². The molecule has 2 atom stereocenters. The van der Waals surface area contributed by atoms with Crippen LogP contribution in [0.5, 0.6) is 0 Å². The predicted molar refractivity (Wildman–Crippen MR) is 82.9 cm³/mol. The lowest BCUT2D eigenvalue weighted by molar-refractivity contribution is 0.198. The van der Waals surface area contributed by atoms with Crippen LogP contribution in [0.1, 0.15) is 44.7 Å². The van der Waals surface area contributed by atoms with Crippen LogP contribution in [-0.4, -0.2) is 4.98 Å². The van der Waals surface area contributed by atoms with E-state index in [0.717, 1.165) is 5.52 Å². The maximum Gasteiger partial charge on any atom is 0.0705 e. The lowest BCUT2D eigenvalue weighted by atomic mass is 9.75.